The summed E-state index contributed by atoms with van der Waals surface area (Å²) in [5, 5.41) is 0. The van der Waals surface area contributed by atoms with Crippen LogP contribution in [-0.4, -0.2) is 12.7 Å². The zero-order chi connectivity index (χ0) is 13.5. The average molecular weight is 265 g/mol. The number of halogens is 2. The number of hydrogen-bond donors (Lipinski definition) is 0. The van der Waals surface area contributed by atoms with Crippen molar-refractivity contribution in [3.8, 4) is 5.75 Å². The highest BCUT2D eigenvalue weighted by atomic mass is 19.1. The molecule has 1 saturated carbocycles. The topological polar surface area (TPSA) is 38.7 Å². The highest BCUT2D eigenvalue weighted by Gasteiger charge is 2.42. The molecule has 1 aromatic rings. The lowest BCUT2D eigenvalue weighted by molar-refractivity contribution is 0.338. The van der Waals surface area contributed by atoms with Crippen LogP contribution >= 0.6 is 0 Å². The zero-order valence-corrected chi connectivity index (χ0v) is 10.3. The van der Waals surface area contributed by atoms with Gasteiger partial charge < -0.3 is 4.74 Å². The number of fused-ring (bicyclic) bond motifs is 1. The van der Waals surface area contributed by atoms with E-state index >= 15 is 0 Å². The van der Waals surface area contributed by atoms with Gasteiger partial charge in [0.15, 0.2) is 11.6 Å². The van der Waals surface area contributed by atoms with Gasteiger partial charge in [-0.05, 0) is 12.8 Å². The fourth-order valence-corrected chi connectivity index (χ4v) is 3.27. The van der Waals surface area contributed by atoms with Crippen LogP contribution in [0.4, 0.5) is 8.78 Å². The molecule has 1 aliphatic carbocycles. The second-order valence-electron chi connectivity index (χ2n) is 5.06. The Labute approximate surface area is 109 Å². The van der Waals surface area contributed by atoms with E-state index in [9.17, 15) is 13.6 Å². The number of carbonyl (C=O) groups excluding carboxylic acids is 1. The minimum Gasteiger partial charge on any atom is -0.490 e. The van der Waals surface area contributed by atoms with Crippen LogP contribution in [0.1, 0.15) is 36.8 Å². The maximum atomic E-state index is 14.2. The maximum Gasteiger partial charge on any atom is 0.235 e. The van der Waals surface area contributed by atoms with E-state index in [1.165, 1.54) is 0 Å². The average Bonchev–Trinajstić information content (AvgIpc) is 2.99. The van der Waals surface area contributed by atoms with Crippen molar-refractivity contribution < 1.29 is 18.3 Å². The second kappa shape index (κ2) is 4.42. The van der Waals surface area contributed by atoms with Crippen molar-refractivity contribution in [1.82, 2.24) is 0 Å². The minimum absolute atomic E-state index is 0.115. The number of rotatable bonds is 2. The molecular weight excluding hydrogens is 252 g/mol. The van der Waals surface area contributed by atoms with E-state index in [-0.39, 0.29) is 5.75 Å². The van der Waals surface area contributed by atoms with Crippen molar-refractivity contribution in [1.29, 1.82) is 0 Å². The second-order valence-corrected chi connectivity index (χ2v) is 5.06. The summed E-state index contributed by atoms with van der Waals surface area (Å²) in [6, 6.07) is 0.833. The molecule has 3 rings (SSSR count). The first-order chi connectivity index (χ1) is 9.18. The van der Waals surface area contributed by atoms with Crippen LogP contribution in [0.5, 0.6) is 5.75 Å². The summed E-state index contributed by atoms with van der Waals surface area (Å²) >= 11 is 0. The monoisotopic (exact) mass is 265 g/mol. The van der Waals surface area contributed by atoms with Crippen molar-refractivity contribution in [3.05, 3.63) is 28.8 Å². The van der Waals surface area contributed by atoms with Gasteiger partial charge in [-0.15, -0.1) is 0 Å². The molecule has 5 heteroatoms. The van der Waals surface area contributed by atoms with Crippen LogP contribution in [0.2, 0.25) is 0 Å². The molecule has 19 heavy (non-hydrogen) atoms. The predicted molar refractivity (Wildman–Crippen MR) is 63.8 cm³/mol. The SMILES string of the molecule is O=C=NC1(c2c(F)cc(F)c3c2CCO3)CCCC1. The largest absolute Gasteiger partial charge is 0.490 e. The van der Waals surface area contributed by atoms with Crippen molar-refractivity contribution in [2.45, 2.75) is 37.6 Å². The molecule has 0 bridgehead atoms. The molecule has 1 aromatic carbocycles. The first kappa shape index (κ1) is 12.3. The highest BCUT2D eigenvalue weighted by Crippen LogP contribution is 2.48. The van der Waals surface area contributed by atoms with E-state index < -0.39 is 17.2 Å². The third kappa shape index (κ3) is 1.77. The molecule has 0 unspecified atom stereocenters. The summed E-state index contributed by atoms with van der Waals surface area (Å²) in [6.07, 6.45) is 4.94. The zero-order valence-electron chi connectivity index (χ0n) is 10.3. The molecule has 0 spiro atoms. The molecule has 3 nitrogen and oxygen atoms in total. The lowest BCUT2D eigenvalue weighted by Gasteiger charge is -2.25. The Morgan fingerprint density at radius 2 is 2.00 bits per heavy atom. The molecule has 0 saturated heterocycles. The summed E-state index contributed by atoms with van der Waals surface area (Å²) < 4.78 is 33.1. The molecule has 1 aliphatic heterocycles. The van der Waals surface area contributed by atoms with Gasteiger partial charge in [0.2, 0.25) is 6.08 Å². The third-order valence-corrected chi connectivity index (χ3v) is 4.04. The van der Waals surface area contributed by atoms with Gasteiger partial charge in [0.25, 0.3) is 0 Å². The Hall–Kier alpha value is -1.74. The normalized spacial score (nSPS) is 19.7. The molecule has 2 aliphatic rings. The van der Waals surface area contributed by atoms with E-state index in [1.807, 2.05) is 0 Å². The smallest absolute Gasteiger partial charge is 0.235 e. The van der Waals surface area contributed by atoms with E-state index in [1.54, 1.807) is 6.08 Å². The number of hydrogen-bond acceptors (Lipinski definition) is 3. The molecule has 1 fully saturated rings. The maximum absolute atomic E-state index is 14.2. The molecule has 100 valence electrons. The van der Waals surface area contributed by atoms with Crippen LogP contribution in [0, 0.1) is 11.6 Å². The summed E-state index contributed by atoms with van der Waals surface area (Å²) in [5.41, 5.74) is -0.0159. The first-order valence-electron chi connectivity index (χ1n) is 6.41. The molecule has 0 aromatic heterocycles. The first-order valence-corrected chi connectivity index (χ1v) is 6.41. The van der Waals surface area contributed by atoms with E-state index in [0.717, 1.165) is 18.9 Å². The number of aliphatic imine (C=N–C) groups is 1. The number of benzene rings is 1. The van der Waals surface area contributed by atoms with Gasteiger partial charge in [-0.3, -0.25) is 0 Å². The molecule has 0 N–H and O–H groups in total. The molecule has 0 atom stereocenters. The van der Waals surface area contributed by atoms with Crippen molar-refractivity contribution >= 4 is 6.08 Å². The van der Waals surface area contributed by atoms with E-state index in [4.69, 9.17) is 4.74 Å². The van der Waals surface area contributed by atoms with E-state index in [0.29, 0.717) is 37.0 Å². The van der Waals surface area contributed by atoms with Crippen molar-refractivity contribution in [3.63, 3.8) is 0 Å². The van der Waals surface area contributed by atoms with Gasteiger partial charge in [-0.1, -0.05) is 12.8 Å². The summed E-state index contributed by atoms with van der Waals surface area (Å²) in [6.45, 7) is 0.337. The Morgan fingerprint density at radius 1 is 1.26 bits per heavy atom. The third-order valence-electron chi connectivity index (χ3n) is 4.04. The van der Waals surface area contributed by atoms with Gasteiger partial charge in [-0.2, -0.15) is 4.99 Å². The summed E-state index contributed by atoms with van der Waals surface area (Å²) in [7, 11) is 0. The van der Waals surface area contributed by atoms with Crippen LogP contribution in [0.15, 0.2) is 11.1 Å². The van der Waals surface area contributed by atoms with Crippen LogP contribution in [0.3, 0.4) is 0 Å². The highest BCUT2D eigenvalue weighted by molar-refractivity contribution is 5.50. The Morgan fingerprint density at radius 3 is 2.68 bits per heavy atom. The fourth-order valence-electron chi connectivity index (χ4n) is 3.27. The Balaban J connectivity index is 2.25. The summed E-state index contributed by atoms with van der Waals surface area (Å²) in [4.78, 5) is 14.6. The van der Waals surface area contributed by atoms with Crippen LogP contribution in [0.25, 0.3) is 0 Å². The summed E-state index contributed by atoms with van der Waals surface area (Å²) in [5.74, 6) is -1.21. The van der Waals surface area contributed by atoms with Crippen LogP contribution in [-0.2, 0) is 16.8 Å². The molecule has 0 amide bonds. The van der Waals surface area contributed by atoms with Crippen molar-refractivity contribution in [2.24, 2.45) is 4.99 Å². The molecule has 0 radical (unpaired) electrons. The van der Waals surface area contributed by atoms with Gasteiger partial charge in [0.1, 0.15) is 11.4 Å². The van der Waals surface area contributed by atoms with Gasteiger partial charge >= 0.3 is 0 Å². The fraction of sp³-hybridized carbons (Fsp3) is 0.500. The van der Waals surface area contributed by atoms with E-state index in [2.05, 4.69) is 4.99 Å². The minimum atomic E-state index is -0.878. The number of ether oxygens (including phenoxy) is 1. The number of isocyanates is 1. The standard InChI is InChI=1S/C14H13F2NO2/c15-10-7-11(16)13-9(3-6-19-13)12(10)14(17-8-18)4-1-2-5-14/h7H,1-6H2. The van der Waals surface area contributed by atoms with Crippen LogP contribution < -0.4 is 4.74 Å². The Bertz CT molecular complexity index is 573. The van der Waals surface area contributed by atoms with Gasteiger partial charge in [0, 0.05) is 23.6 Å². The van der Waals surface area contributed by atoms with Gasteiger partial charge in [-0.25, -0.2) is 13.6 Å². The molecule has 1 heterocycles. The molecular formula is C14H13F2NO2. The Kier molecular flexibility index (Phi) is 2.86. The number of nitrogens with zero attached hydrogens (tertiary/aromatic N) is 1. The lowest BCUT2D eigenvalue weighted by atomic mass is 9.84. The predicted octanol–water partition coefficient (Wildman–Crippen LogP) is 3.00. The quantitative estimate of drug-likeness (QED) is 0.609. The van der Waals surface area contributed by atoms with Gasteiger partial charge in [0.05, 0.1) is 6.61 Å². The van der Waals surface area contributed by atoms with Crippen molar-refractivity contribution in [2.75, 3.05) is 6.61 Å². The lowest BCUT2D eigenvalue weighted by Crippen LogP contribution is -2.23.